The van der Waals surface area contributed by atoms with Crippen molar-refractivity contribution in [2.24, 2.45) is 0 Å². The molecule has 0 aromatic heterocycles. The van der Waals surface area contributed by atoms with Gasteiger partial charge >= 0.3 is 0 Å². The first kappa shape index (κ1) is 22.9. The van der Waals surface area contributed by atoms with E-state index in [1.807, 2.05) is 55.5 Å². The lowest BCUT2D eigenvalue weighted by atomic mass is 10.1. The minimum Gasteiger partial charge on any atom is -0.371 e. The minimum absolute atomic E-state index is 0.00837. The topological polar surface area (TPSA) is 61.4 Å². The van der Waals surface area contributed by atoms with Crippen molar-refractivity contribution in [2.75, 3.05) is 23.3 Å². The highest BCUT2D eigenvalue weighted by atomic mass is 16.2. The lowest BCUT2D eigenvalue weighted by Gasteiger charge is -2.23. The molecule has 1 heterocycles. The maximum atomic E-state index is 13.2. The lowest BCUT2D eigenvalue weighted by Crippen LogP contribution is -2.29. The molecular formula is C26H35N3O2. The van der Waals surface area contributed by atoms with E-state index in [1.165, 1.54) is 0 Å². The number of rotatable bonds is 10. The van der Waals surface area contributed by atoms with Crippen LogP contribution in [0.1, 0.15) is 80.8 Å². The Labute approximate surface area is 186 Å². The van der Waals surface area contributed by atoms with Gasteiger partial charge in [-0.2, -0.15) is 0 Å². The molecule has 1 aliphatic rings. The van der Waals surface area contributed by atoms with E-state index in [4.69, 9.17) is 0 Å². The molecule has 0 radical (unpaired) electrons. The van der Waals surface area contributed by atoms with Gasteiger partial charge in [0.2, 0.25) is 5.91 Å². The summed E-state index contributed by atoms with van der Waals surface area (Å²) in [7, 11) is 0. The molecule has 2 aromatic rings. The molecule has 0 unspecified atom stereocenters. The van der Waals surface area contributed by atoms with Crippen molar-refractivity contribution < 1.29 is 9.59 Å². The van der Waals surface area contributed by atoms with Crippen LogP contribution >= 0.6 is 0 Å². The fourth-order valence-electron chi connectivity index (χ4n) is 4.06. The molecule has 3 rings (SSSR count). The largest absolute Gasteiger partial charge is 0.371 e. The van der Waals surface area contributed by atoms with E-state index in [9.17, 15) is 9.59 Å². The van der Waals surface area contributed by atoms with Crippen molar-refractivity contribution in [3.63, 3.8) is 0 Å². The van der Waals surface area contributed by atoms with E-state index < -0.39 is 0 Å². The highest BCUT2D eigenvalue weighted by Crippen LogP contribution is 2.28. The highest BCUT2D eigenvalue weighted by Gasteiger charge is 2.21. The maximum absolute atomic E-state index is 13.2. The van der Waals surface area contributed by atoms with Crippen LogP contribution in [0.4, 0.5) is 11.4 Å². The van der Waals surface area contributed by atoms with Crippen LogP contribution in [-0.2, 0) is 4.79 Å². The van der Waals surface area contributed by atoms with Crippen LogP contribution in [-0.4, -0.2) is 24.9 Å². The Bertz CT molecular complexity index is 860. The fourth-order valence-corrected chi connectivity index (χ4v) is 4.06. The summed E-state index contributed by atoms with van der Waals surface area (Å²) in [6.45, 7) is 6.06. The average Bonchev–Trinajstić information content (AvgIpc) is 3.32. The first-order valence-corrected chi connectivity index (χ1v) is 11.6. The van der Waals surface area contributed by atoms with Gasteiger partial charge in [-0.1, -0.05) is 56.5 Å². The van der Waals surface area contributed by atoms with Crippen LogP contribution in [0.2, 0.25) is 0 Å². The Hall–Kier alpha value is -2.82. The van der Waals surface area contributed by atoms with Gasteiger partial charge in [0.05, 0.1) is 11.6 Å². The summed E-state index contributed by atoms with van der Waals surface area (Å²) >= 11 is 0. The molecule has 0 spiro atoms. The van der Waals surface area contributed by atoms with Gasteiger partial charge in [-0.05, 0) is 49.9 Å². The van der Waals surface area contributed by atoms with Gasteiger partial charge in [-0.15, -0.1) is 0 Å². The predicted molar refractivity (Wildman–Crippen MR) is 128 cm³/mol. The number of benzene rings is 2. The van der Waals surface area contributed by atoms with Crippen molar-refractivity contribution in [1.29, 1.82) is 0 Å². The fraction of sp³-hybridized carbons (Fsp3) is 0.462. The second kappa shape index (κ2) is 11.5. The number of unbranched alkanes of at least 4 members (excludes halogenated alkanes) is 3. The third-order valence-electron chi connectivity index (χ3n) is 5.88. The van der Waals surface area contributed by atoms with Crippen LogP contribution in [0.15, 0.2) is 48.5 Å². The summed E-state index contributed by atoms with van der Waals surface area (Å²) in [5.74, 6) is -0.105. The van der Waals surface area contributed by atoms with E-state index in [1.54, 1.807) is 0 Å². The Morgan fingerprint density at radius 3 is 2.45 bits per heavy atom. The van der Waals surface area contributed by atoms with E-state index in [0.29, 0.717) is 17.7 Å². The molecule has 1 aliphatic heterocycles. The van der Waals surface area contributed by atoms with Crippen molar-refractivity contribution in [3.8, 4) is 0 Å². The standard InChI is InChI=1S/C26H35N3O2/c1-3-4-5-9-14-25(30)28-22-15-16-24(29-17-10-11-18-29)23(19-22)26(31)27-20(2)21-12-7-6-8-13-21/h6-8,12-13,15-16,19-20H,3-5,9-11,14,17-18H2,1-2H3,(H,27,31)(H,28,30)/t20-/m0/s1. The SMILES string of the molecule is CCCCCCC(=O)Nc1ccc(N2CCCC2)c(C(=O)N[C@@H](C)c2ccccc2)c1. The Morgan fingerprint density at radius 1 is 1.00 bits per heavy atom. The summed E-state index contributed by atoms with van der Waals surface area (Å²) in [6.07, 6.45) is 7.06. The number of carbonyl (C=O) groups is 2. The van der Waals surface area contributed by atoms with E-state index in [0.717, 1.165) is 62.9 Å². The third kappa shape index (κ3) is 6.58. The number of nitrogens with zero attached hydrogens (tertiary/aromatic N) is 1. The molecular weight excluding hydrogens is 386 g/mol. The molecule has 0 bridgehead atoms. The van der Waals surface area contributed by atoms with Gasteiger partial charge in [0, 0.05) is 30.9 Å². The van der Waals surface area contributed by atoms with Gasteiger partial charge in [0.15, 0.2) is 0 Å². The van der Waals surface area contributed by atoms with Crippen LogP contribution in [0.5, 0.6) is 0 Å². The molecule has 166 valence electrons. The van der Waals surface area contributed by atoms with Crippen molar-refractivity contribution in [1.82, 2.24) is 5.32 Å². The zero-order valence-corrected chi connectivity index (χ0v) is 18.8. The summed E-state index contributed by atoms with van der Waals surface area (Å²) < 4.78 is 0. The summed E-state index contributed by atoms with van der Waals surface area (Å²) in [5, 5.41) is 6.11. The van der Waals surface area contributed by atoms with Crippen LogP contribution < -0.4 is 15.5 Å². The van der Waals surface area contributed by atoms with Gasteiger partial charge in [0.1, 0.15) is 0 Å². The molecule has 2 N–H and O–H groups in total. The quantitative estimate of drug-likeness (QED) is 0.485. The maximum Gasteiger partial charge on any atom is 0.253 e. The van der Waals surface area contributed by atoms with Gasteiger partial charge in [-0.3, -0.25) is 9.59 Å². The van der Waals surface area contributed by atoms with Crippen molar-refractivity contribution >= 4 is 23.2 Å². The molecule has 0 aliphatic carbocycles. The average molecular weight is 422 g/mol. The van der Waals surface area contributed by atoms with Crippen LogP contribution in [0.3, 0.4) is 0 Å². The van der Waals surface area contributed by atoms with Gasteiger partial charge < -0.3 is 15.5 Å². The number of carbonyl (C=O) groups excluding carboxylic acids is 2. The zero-order valence-electron chi connectivity index (χ0n) is 18.8. The predicted octanol–water partition coefficient (Wildman–Crippen LogP) is 5.69. The Balaban J connectivity index is 1.74. The summed E-state index contributed by atoms with van der Waals surface area (Å²) in [4.78, 5) is 27.8. The molecule has 5 nitrogen and oxygen atoms in total. The first-order valence-electron chi connectivity index (χ1n) is 11.6. The summed E-state index contributed by atoms with van der Waals surface area (Å²) in [6, 6.07) is 15.6. The Morgan fingerprint density at radius 2 is 1.74 bits per heavy atom. The number of amides is 2. The molecule has 2 aromatic carbocycles. The number of hydrogen-bond acceptors (Lipinski definition) is 3. The molecule has 31 heavy (non-hydrogen) atoms. The van der Waals surface area contributed by atoms with Crippen molar-refractivity contribution in [3.05, 3.63) is 59.7 Å². The van der Waals surface area contributed by atoms with Crippen molar-refractivity contribution in [2.45, 2.75) is 64.8 Å². The molecule has 1 fully saturated rings. The molecule has 1 saturated heterocycles. The lowest BCUT2D eigenvalue weighted by molar-refractivity contribution is -0.116. The van der Waals surface area contributed by atoms with Gasteiger partial charge in [-0.25, -0.2) is 0 Å². The van der Waals surface area contributed by atoms with E-state index >= 15 is 0 Å². The zero-order chi connectivity index (χ0) is 22.1. The third-order valence-corrected chi connectivity index (χ3v) is 5.88. The molecule has 5 heteroatoms. The molecule has 0 saturated carbocycles. The monoisotopic (exact) mass is 421 g/mol. The second-order valence-corrected chi connectivity index (χ2v) is 8.39. The van der Waals surface area contributed by atoms with E-state index in [2.05, 4.69) is 22.5 Å². The number of nitrogens with one attached hydrogen (secondary N) is 2. The minimum atomic E-state index is -0.114. The normalized spacial score (nSPS) is 14.3. The van der Waals surface area contributed by atoms with Crippen LogP contribution in [0, 0.1) is 0 Å². The smallest absolute Gasteiger partial charge is 0.253 e. The number of hydrogen-bond donors (Lipinski definition) is 2. The first-order chi connectivity index (χ1) is 15.1. The molecule has 1 atom stereocenters. The molecule has 2 amide bonds. The van der Waals surface area contributed by atoms with Crippen LogP contribution in [0.25, 0.3) is 0 Å². The second-order valence-electron chi connectivity index (χ2n) is 8.39. The Kier molecular flexibility index (Phi) is 8.51. The van der Waals surface area contributed by atoms with E-state index in [-0.39, 0.29) is 17.9 Å². The van der Waals surface area contributed by atoms with Gasteiger partial charge in [0.25, 0.3) is 5.91 Å². The highest BCUT2D eigenvalue weighted by molar-refractivity contribution is 6.02. The summed E-state index contributed by atoms with van der Waals surface area (Å²) in [5.41, 5.74) is 3.31. The number of anilines is 2.